The molecule has 0 radical (unpaired) electrons. The first-order valence-electron chi connectivity index (χ1n) is 48.8. The van der Waals surface area contributed by atoms with Crippen LogP contribution in [-0.4, -0.2) is 115 Å². The minimum atomic E-state index is -0.877. The Labute approximate surface area is 893 Å². The average molecular weight is 2020 g/mol. The van der Waals surface area contributed by atoms with Crippen molar-refractivity contribution < 1.29 is 66.9 Å². The van der Waals surface area contributed by atoms with Crippen molar-refractivity contribution >= 4 is 23.8 Å². The van der Waals surface area contributed by atoms with Crippen molar-refractivity contribution in [1.82, 2.24) is 20.4 Å². The molecule has 0 aromatic heterocycles. The molecule has 147 heavy (non-hydrogen) atoms. The number of aryl methyl sites for hydroxylation is 1. The number of alkyl carbamates (subject to hydrolysis) is 1. The van der Waals surface area contributed by atoms with E-state index in [1.165, 1.54) is 54.4 Å². The van der Waals surface area contributed by atoms with Crippen molar-refractivity contribution in [2.45, 2.75) is 299 Å². The number of para-hydroxylation sites is 4. The molecule has 0 spiro atoms. The molecular formula is C129H194N4O14. The zero-order valence-corrected chi connectivity index (χ0v) is 84.3. The zero-order valence-electron chi connectivity index (χ0n) is 84.3. The van der Waals surface area contributed by atoms with Crippen molar-refractivity contribution in [2.75, 3.05) is 52.7 Å². The van der Waals surface area contributed by atoms with Crippen LogP contribution in [-0.2, 0) is 38.9 Å². The third-order valence-corrected chi connectivity index (χ3v) is 20.3. The van der Waals surface area contributed by atoms with Gasteiger partial charge in [0.05, 0.1) is 45.1 Å². The Morgan fingerprint density at radius 2 is 0.728 bits per heavy atom. The highest BCUT2D eigenvalue weighted by molar-refractivity contribution is 5.78. The van der Waals surface area contributed by atoms with E-state index in [1.54, 1.807) is 13.8 Å². The first kappa shape index (κ1) is 144. The van der Waals surface area contributed by atoms with E-state index in [2.05, 4.69) is 97.8 Å². The van der Waals surface area contributed by atoms with E-state index in [0.717, 1.165) is 106 Å². The third-order valence-electron chi connectivity index (χ3n) is 20.3. The lowest BCUT2D eigenvalue weighted by Gasteiger charge is -2.37. The van der Waals surface area contributed by atoms with Crippen LogP contribution < -0.4 is 48.5 Å². The Hall–Kier alpha value is -13.3. The van der Waals surface area contributed by atoms with Crippen LogP contribution in [0.4, 0.5) is 4.79 Å². The molecule has 4 amide bonds. The number of hydrogen-bond acceptors (Lipinski definition) is 14. The average Bonchev–Trinajstić information content (AvgIpc) is 1.82. The number of nitrogens with one attached hydrogen (secondary N) is 2. The highest BCUT2D eigenvalue weighted by atomic mass is 16.5. The summed E-state index contributed by atoms with van der Waals surface area (Å²) in [5.41, 5.74) is 8.52. The summed E-state index contributed by atoms with van der Waals surface area (Å²) in [5, 5.41) is 14.9. The molecule has 0 aliphatic heterocycles. The Bertz CT molecular complexity index is 5120. The van der Waals surface area contributed by atoms with Gasteiger partial charge < -0.3 is 68.2 Å². The second kappa shape index (κ2) is 88.0. The predicted molar refractivity (Wildman–Crippen MR) is 629 cm³/mol. The van der Waals surface area contributed by atoms with Crippen LogP contribution in [0.15, 0.2) is 334 Å². The largest absolute Gasteiger partial charge is 0.494 e. The molecule has 2 fully saturated rings. The lowest BCUT2D eigenvalue weighted by Crippen LogP contribution is -2.45. The molecule has 12 aromatic carbocycles. The fraction of sp³-hybridized carbons (Fsp3) is 0.411. The monoisotopic (exact) mass is 2020 g/mol. The maximum atomic E-state index is 11.8. The molecule has 18 heteroatoms. The second-order valence-corrected chi connectivity index (χ2v) is 33.4. The summed E-state index contributed by atoms with van der Waals surface area (Å²) < 4.78 is 49.4. The zero-order chi connectivity index (χ0) is 99.3. The third kappa shape index (κ3) is 64.3. The number of benzene rings is 12. The molecule has 814 valence electrons. The van der Waals surface area contributed by atoms with Crippen molar-refractivity contribution in [1.29, 1.82) is 0 Å². The van der Waals surface area contributed by atoms with Gasteiger partial charge in [-0.1, -0.05) is 382 Å². The highest BCUT2D eigenvalue weighted by Crippen LogP contribution is 2.33. The summed E-state index contributed by atoms with van der Waals surface area (Å²) in [4.78, 5) is 49.2. The van der Waals surface area contributed by atoms with E-state index < -0.39 is 5.60 Å². The van der Waals surface area contributed by atoms with Crippen molar-refractivity contribution in [3.63, 3.8) is 0 Å². The van der Waals surface area contributed by atoms with Crippen molar-refractivity contribution in [3.8, 4) is 74.0 Å². The standard InChI is InChI=1S/2C15H16O2.C14H14O2.2C14H14O.C12H23NO.C11H21NO2.C10H13NO2.C7H15NO.C7H8.10CH4/c1-2-16-14-10-6-7-11-15(14)17-12-13-8-4-3-5-9-13;1-2-16-14-9-6-10-15(11-14)17-12-13-7-4-3-5-8-13;1-2-15-13-9-6-10-14(11-13)16-12-7-4-3-5-8-12;1-2-15-14-11-7-6-10-13(14)12-8-4-3-5-9-12;1-2-15-14-10-6-9-13(11-14)12-7-4-3-5-8-12;1-4-12(14)13(10(2)3)11-8-6-5-7-9-11;1-4-7-12(9-5-6-9)10(13)8-11(2,3)14;1-2-11-10(12)13-8-9-6-4-3-5-7-9;1-4-8-7(9)5-6(2)3;1-7-5-3-2-4-6-7;;;;;;;;;;/h2*3-11H,2,12H2,1H3;3-11H,2H2,1H3;2*3-11H,2H2,1H3;10-11H,4-9H2,1-3H3;9,14H,4-8H2,1-3H3;3-7H,2,8H2,1H3,(H,11,12);6H,4-5H2,1-3H3,(H,8,9);2-6H,1H3;10*1H4. The van der Waals surface area contributed by atoms with Crippen LogP contribution in [0.1, 0.15) is 271 Å². The first-order valence-corrected chi connectivity index (χ1v) is 48.8. The van der Waals surface area contributed by atoms with Crippen LogP contribution in [0.2, 0.25) is 0 Å². The molecule has 0 heterocycles. The molecule has 12 aromatic rings. The summed E-state index contributed by atoms with van der Waals surface area (Å²) in [6, 6.07) is 111. The second-order valence-electron chi connectivity index (χ2n) is 33.4. The number of carbonyl (C=O) groups is 4. The topological polar surface area (TPSA) is 202 Å². The van der Waals surface area contributed by atoms with Crippen LogP contribution in [0, 0.1) is 12.8 Å². The van der Waals surface area contributed by atoms with Crippen LogP contribution in [0.25, 0.3) is 22.3 Å². The van der Waals surface area contributed by atoms with Gasteiger partial charge in [0.1, 0.15) is 60.1 Å². The number of ether oxygens (including phenoxy) is 9. The van der Waals surface area contributed by atoms with E-state index in [0.29, 0.717) is 102 Å². The van der Waals surface area contributed by atoms with Gasteiger partial charge in [-0.15, -0.1) is 0 Å². The fourth-order valence-corrected chi connectivity index (χ4v) is 13.9. The number of carbonyl (C=O) groups excluding carboxylic acids is 4. The van der Waals surface area contributed by atoms with E-state index >= 15 is 0 Å². The van der Waals surface area contributed by atoms with Crippen LogP contribution in [0.3, 0.4) is 0 Å². The number of hydrogen-bond donors (Lipinski definition) is 3. The number of nitrogens with zero attached hydrogens (tertiary/aromatic N) is 2. The van der Waals surface area contributed by atoms with E-state index in [-0.39, 0.29) is 98.6 Å². The molecule has 2 aliphatic carbocycles. The Balaban J connectivity index is -0.000000375. The maximum Gasteiger partial charge on any atom is 0.407 e. The molecule has 0 bridgehead atoms. The van der Waals surface area contributed by atoms with Gasteiger partial charge in [0.25, 0.3) is 0 Å². The first-order chi connectivity index (χ1) is 66.5. The van der Waals surface area contributed by atoms with Gasteiger partial charge in [0.15, 0.2) is 11.5 Å². The number of amides is 4. The molecule has 0 atom stereocenters. The quantitative estimate of drug-likeness (QED) is 0.0344. The van der Waals surface area contributed by atoms with Crippen LogP contribution >= 0.6 is 0 Å². The summed E-state index contributed by atoms with van der Waals surface area (Å²) in [6.07, 6.45) is 10.8. The van der Waals surface area contributed by atoms with E-state index in [1.807, 2.05) is 353 Å². The smallest absolute Gasteiger partial charge is 0.407 e. The molecule has 2 saturated carbocycles. The molecule has 3 N–H and O–H groups in total. The van der Waals surface area contributed by atoms with E-state index in [4.69, 9.17) is 42.6 Å². The van der Waals surface area contributed by atoms with Crippen molar-refractivity contribution in [2.24, 2.45) is 5.92 Å². The van der Waals surface area contributed by atoms with E-state index in [9.17, 15) is 24.3 Å². The molecular weight excluding hydrogens is 1830 g/mol. The van der Waals surface area contributed by atoms with Gasteiger partial charge in [-0.05, 0) is 221 Å². The predicted octanol–water partition coefficient (Wildman–Crippen LogP) is 34.7. The molecule has 18 nitrogen and oxygen atoms in total. The summed E-state index contributed by atoms with van der Waals surface area (Å²) in [7, 11) is 0. The summed E-state index contributed by atoms with van der Waals surface area (Å²) in [5.74, 6) is 8.65. The molecule has 2 aliphatic rings. The minimum Gasteiger partial charge on any atom is -0.494 e. The fourth-order valence-electron chi connectivity index (χ4n) is 13.9. The highest BCUT2D eigenvalue weighted by Gasteiger charge is 2.34. The van der Waals surface area contributed by atoms with Gasteiger partial charge in [0.2, 0.25) is 17.7 Å². The Kier molecular flexibility index (Phi) is 86.4. The van der Waals surface area contributed by atoms with Crippen LogP contribution in [0.5, 0.6) is 51.7 Å². The summed E-state index contributed by atoms with van der Waals surface area (Å²) in [6.45, 7) is 38.5. The Morgan fingerprint density at radius 1 is 0.361 bits per heavy atom. The SMILES string of the molecule is C.C.C.C.C.C.C.C.C.C.CCC(=O)N(C(C)C)C1CCCCC1.CCCN(C(=O)CC(C)(C)O)C1CC1.CCNC(=O)CC(C)C.CCNC(=O)OCc1ccccc1.CCOc1cccc(-c2ccccc2)c1.CCOc1cccc(OCc2ccccc2)c1.CCOc1cccc(Oc2ccccc2)c1.CCOc1ccccc1-c1ccccc1.CCOc1ccccc1OCc1ccccc1.Cc1ccccc1. The lowest BCUT2D eigenvalue weighted by molar-refractivity contribution is -0.136. The van der Waals surface area contributed by atoms with Gasteiger partial charge in [0, 0.05) is 68.3 Å². The molecule has 0 unspecified atom stereocenters. The lowest BCUT2D eigenvalue weighted by atomic mass is 9.93. The molecule has 14 rings (SSSR count). The normalized spacial score (nSPS) is 10.6. The van der Waals surface area contributed by atoms with Gasteiger partial charge >= 0.3 is 6.09 Å². The van der Waals surface area contributed by atoms with Gasteiger partial charge in [-0.2, -0.15) is 0 Å². The van der Waals surface area contributed by atoms with Crippen molar-refractivity contribution in [3.05, 3.63) is 356 Å². The number of rotatable bonds is 34. The Morgan fingerprint density at radius 3 is 1.15 bits per heavy atom. The maximum absolute atomic E-state index is 11.8. The number of aliphatic hydroxyl groups is 1. The van der Waals surface area contributed by atoms with Gasteiger partial charge in [-0.3, -0.25) is 14.4 Å². The minimum absolute atomic E-state index is 0. The summed E-state index contributed by atoms with van der Waals surface area (Å²) >= 11 is 0. The van der Waals surface area contributed by atoms with Gasteiger partial charge in [-0.25, -0.2) is 4.79 Å². The molecule has 0 saturated heterocycles.